The molecule has 164 valence electrons. The van der Waals surface area contributed by atoms with Gasteiger partial charge in [0.1, 0.15) is 5.75 Å². The molecule has 29 heavy (non-hydrogen) atoms. The van der Waals surface area contributed by atoms with Crippen molar-refractivity contribution >= 4 is 40.0 Å². The highest BCUT2D eigenvalue weighted by Crippen LogP contribution is 2.33. The van der Waals surface area contributed by atoms with Gasteiger partial charge in [-0.2, -0.15) is 0 Å². The van der Waals surface area contributed by atoms with Gasteiger partial charge >= 0.3 is 0 Å². The number of guanidine groups is 1. The van der Waals surface area contributed by atoms with Gasteiger partial charge in [-0.15, -0.1) is 24.0 Å². The third-order valence-corrected chi connectivity index (χ3v) is 7.33. The van der Waals surface area contributed by atoms with Crippen LogP contribution in [0.5, 0.6) is 5.75 Å². The van der Waals surface area contributed by atoms with E-state index in [4.69, 9.17) is 9.73 Å². The number of sulfonamides is 1. The summed E-state index contributed by atoms with van der Waals surface area (Å²) in [7, 11) is -3.09. The quantitative estimate of drug-likeness (QED) is 0.332. The number of nitrogens with one attached hydrogen (secondary N) is 2. The Bertz CT molecular complexity index is 780. The molecular weight excluding hydrogens is 503 g/mol. The lowest BCUT2D eigenvalue weighted by atomic mass is 9.93. The van der Waals surface area contributed by atoms with Crippen molar-refractivity contribution < 1.29 is 13.2 Å². The molecule has 0 bridgehead atoms. The molecule has 0 amide bonds. The van der Waals surface area contributed by atoms with Gasteiger partial charge in [0, 0.05) is 38.1 Å². The number of piperidine rings is 1. The average molecular weight is 536 g/mol. The Morgan fingerprint density at radius 1 is 1.21 bits per heavy atom. The highest BCUT2D eigenvalue weighted by molar-refractivity contribution is 14.0. The summed E-state index contributed by atoms with van der Waals surface area (Å²) in [6, 6.07) is 8.43. The number of benzene rings is 1. The van der Waals surface area contributed by atoms with E-state index < -0.39 is 10.0 Å². The van der Waals surface area contributed by atoms with Gasteiger partial charge < -0.3 is 15.4 Å². The molecule has 1 aromatic rings. The van der Waals surface area contributed by atoms with E-state index in [1.807, 2.05) is 18.2 Å². The van der Waals surface area contributed by atoms with E-state index in [1.165, 1.54) is 5.56 Å². The van der Waals surface area contributed by atoms with Gasteiger partial charge in [0.2, 0.25) is 10.0 Å². The van der Waals surface area contributed by atoms with E-state index >= 15 is 0 Å². The standard InChI is InChI=1S/C20H32N4O3S.HI/c1-3-21-20(23-17-9-12-24(13-10-17)28(25,26)4-2)22-15-16-11-14-27-19-8-6-5-7-18(16)19;/h5-8,16-17H,3-4,9-15H2,1-2H3,(H2,21,22,23);1H. The van der Waals surface area contributed by atoms with E-state index in [0.29, 0.717) is 25.6 Å². The molecule has 1 fully saturated rings. The molecule has 0 aromatic heterocycles. The second-order valence-corrected chi connectivity index (χ2v) is 9.57. The van der Waals surface area contributed by atoms with Gasteiger partial charge in [-0.05, 0) is 44.7 Å². The van der Waals surface area contributed by atoms with Crippen molar-refractivity contribution in [2.45, 2.75) is 45.1 Å². The highest BCUT2D eigenvalue weighted by Gasteiger charge is 2.27. The third-order valence-electron chi connectivity index (χ3n) is 5.45. The zero-order chi connectivity index (χ0) is 20.0. The molecule has 2 heterocycles. The van der Waals surface area contributed by atoms with Crippen LogP contribution in [0.15, 0.2) is 29.3 Å². The summed E-state index contributed by atoms with van der Waals surface area (Å²) >= 11 is 0. The van der Waals surface area contributed by atoms with E-state index in [1.54, 1.807) is 11.2 Å². The molecule has 1 aromatic carbocycles. The maximum Gasteiger partial charge on any atom is 0.213 e. The predicted molar refractivity (Wildman–Crippen MR) is 128 cm³/mol. The summed E-state index contributed by atoms with van der Waals surface area (Å²) < 4.78 is 31.4. The number of ether oxygens (including phenoxy) is 1. The zero-order valence-corrected chi connectivity index (χ0v) is 20.4. The van der Waals surface area contributed by atoms with Crippen molar-refractivity contribution in [3.8, 4) is 5.75 Å². The summed E-state index contributed by atoms with van der Waals surface area (Å²) in [5.74, 6) is 2.30. The molecule has 7 nitrogen and oxygen atoms in total. The smallest absolute Gasteiger partial charge is 0.213 e. The second kappa shape index (κ2) is 11.4. The molecule has 9 heteroatoms. The Hall–Kier alpha value is -1.07. The first-order valence-corrected chi connectivity index (χ1v) is 11.9. The van der Waals surface area contributed by atoms with Gasteiger partial charge in [0.05, 0.1) is 12.4 Å². The lowest BCUT2D eigenvalue weighted by molar-refractivity contribution is 0.268. The monoisotopic (exact) mass is 536 g/mol. The van der Waals surface area contributed by atoms with Crippen molar-refractivity contribution in [1.29, 1.82) is 0 Å². The van der Waals surface area contributed by atoms with E-state index in [-0.39, 0.29) is 35.8 Å². The Balaban J connectivity index is 0.00000300. The van der Waals surface area contributed by atoms with Crippen molar-refractivity contribution in [2.24, 2.45) is 4.99 Å². The van der Waals surface area contributed by atoms with Crippen molar-refractivity contribution in [3.05, 3.63) is 29.8 Å². The van der Waals surface area contributed by atoms with E-state index in [0.717, 1.165) is 44.1 Å². The number of halogens is 1. The first kappa shape index (κ1) is 24.2. The second-order valence-electron chi connectivity index (χ2n) is 7.31. The molecule has 0 radical (unpaired) electrons. The fourth-order valence-corrected chi connectivity index (χ4v) is 4.91. The number of para-hydroxylation sites is 1. The first-order chi connectivity index (χ1) is 13.5. The van der Waals surface area contributed by atoms with Crippen LogP contribution < -0.4 is 15.4 Å². The molecule has 0 spiro atoms. The van der Waals surface area contributed by atoms with Gasteiger partial charge in [-0.25, -0.2) is 12.7 Å². The molecular formula is C20H33IN4O3S. The number of hydrogen-bond donors (Lipinski definition) is 2. The average Bonchev–Trinajstić information content (AvgIpc) is 2.72. The number of fused-ring (bicyclic) bond motifs is 1. The minimum atomic E-state index is -3.09. The number of nitrogens with zero attached hydrogens (tertiary/aromatic N) is 2. The van der Waals surface area contributed by atoms with Crippen LogP contribution in [-0.2, 0) is 10.0 Å². The van der Waals surface area contributed by atoms with Crippen LogP contribution in [0.2, 0.25) is 0 Å². The van der Waals surface area contributed by atoms with Gasteiger partial charge in [0.15, 0.2) is 5.96 Å². The Morgan fingerprint density at radius 3 is 2.62 bits per heavy atom. The highest BCUT2D eigenvalue weighted by atomic mass is 127. The molecule has 3 rings (SSSR count). The third kappa shape index (κ3) is 6.45. The minimum absolute atomic E-state index is 0. The molecule has 2 aliphatic heterocycles. The zero-order valence-electron chi connectivity index (χ0n) is 17.3. The summed E-state index contributed by atoms with van der Waals surface area (Å²) in [6.45, 7) is 7.12. The van der Waals surface area contributed by atoms with Crippen LogP contribution in [-0.4, -0.2) is 63.3 Å². The Morgan fingerprint density at radius 2 is 1.93 bits per heavy atom. The van der Waals surface area contributed by atoms with Crippen molar-refractivity contribution in [1.82, 2.24) is 14.9 Å². The van der Waals surface area contributed by atoms with Gasteiger partial charge in [0.25, 0.3) is 0 Å². The van der Waals surface area contributed by atoms with Crippen LogP contribution in [0.1, 0.15) is 44.6 Å². The van der Waals surface area contributed by atoms with Crippen LogP contribution in [0.25, 0.3) is 0 Å². The lowest BCUT2D eigenvalue weighted by Gasteiger charge is -2.32. The number of aliphatic imine (C=N–C) groups is 1. The molecule has 1 saturated heterocycles. The summed E-state index contributed by atoms with van der Waals surface area (Å²) in [5, 5.41) is 6.82. The summed E-state index contributed by atoms with van der Waals surface area (Å²) in [5.41, 5.74) is 1.23. The predicted octanol–water partition coefficient (Wildman–Crippen LogP) is 2.54. The lowest BCUT2D eigenvalue weighted by Crippen LogP contribution is -2.50. The first-order valence-electron chi connectivity index (χ1n) is 10.3. The molecule has 2 N–H and O–H groups in total. The normalized spacial score (nSPS) is 20.9. The summed E-state index contributed by atoms with van der Waals surface area (Å²) in [6.07, 6.45) is 2.56. The van der Waals surface area contributed by atoms with Crippen molar-refractivity contribution in [2.75, 3.05) is 38.5 Å². The SMILES string of the molecule is CCNC(=NCC1CCOc2ccccc21)NC1CCN(S(=O)(=O)CC)CC1.I. The molecule has 1 unspecified atom stereocenters. The van der Waals surface area contributed by atoms with E-state index in [9.17, 15) is 8.42 Å². The van der Waals surface area contributed by atoms with Crippen LogP contribution in [0, 0.1) is 0 Å². The fraction of sp³-hybridized carbons (Fsp3) is 0.650. The van der Waals surface area contributed by atoms with Gasteiger partial charge in [-0.3, -0.25) is 4.99 Å². The summed E-state index contributed by atoms with van der Waals surface area (Å²) in [4.78, 5) is 4.82. The van der Waals surface area contributed by atoms with Crippen LogP contribution in [0.4, 0.5) is 0 Å². The Labute approximate surface area is 191 Å². The number of hydrogen-bond acceptors (Lipinski definition) is 4. The minimum Gasteiger partial charge on any atom is -0.493 e. The maximum atomic E-state index is 12.0. The van der Waals surface area contributed by atoms with Gasteiger partial charge in [-0.1, -0.05) is 18.2 Å². The maximum absolute atomic E-state index is 12.0. The topological polar surface area (TPSA) is 83.0 Å². The van der Waals surface area contributed by atoms with E-state index in [2.05, 4.69) is 23.6 Å². The Kier molecular flexibility index (Phi) is 9.48. The van der Waals surface area contributed by atoms with Crippen LogP contribution >= 0.6 is 24.0 Å². The molecule has 2 aliphatic rings. The fourth-order valence-electron chi connectivity index (χ4n) is 3.78. The molecule has 1 atom stereocenters. The number of rotatable bonds is 6. The molecule has 0 saturated carbocycles. The largest absolute Gasteiger partial charge is 0.493 e. The molecule has 0 aliphatic carbocycles. The van der Waals surface area contributed by atoms with Crippen molar-refractivity contribution in [3.63, 3.8) is 0 Å². The van der Waals surface area contributed by atoms with Crippen LogP contribution in [0.3, 0.4) is 0 Å².